The third kappa shape index (κ3) is 3.79. The molecule has 1 N–H and O–H groups in total. The van der Waals surface area contributed by atoms with Crippen LogP contribution in [-0.4, -0.2) is 29.0 Å². The van der Waals surface area contributed by atoms with Crippen molar-refractivity contribution >= 4 is 17.5 Å². The summed E-state index contributed by atoms with van der Waals surface area (Å²) in [5.74, 6) is 0.146. The van der Waals surface area contributed by atoms with Crippen LogP contribution in [0.3, 0.4) is 0 Å². The molecule has 1 saturated heterocycles. The van der Waals surface area contributed by atoms with E-state index in [1.165, 1.54) is 0 Å². The van der Waals surface area contributed by atoms with Gasteiger partial charge in [0.2, 0.25) is 5.95 Å². The molecule has 0 unspecified atom stereocenters. The number of alkyl halides is 3. The Hall–Kier alpha value is -2.64. The first-order valence-corrected chi connectivity index (χ1v) is 8.34. The number of amides is 1. The molecule has 1 fully saturated rings. The molecular formula is C18H19F3N4O. The molecule has 2 aromatic rings. The number of hydrogen-bond donors (Lipinski definition) is 1. The van der Waals surface area contributed by atoms with Crippen molar-refractivity contribution in [3.05, 3.63) is 46.8 Å². The topological polar surface area (TPSA) is 58.1 Å². The Morgan fingerprint density at radius 1 is 1.04 bits per heavy atom. The summed E-state index contributed by atoms with van der Waals surface area (Å²) in [6, 6.07) is 4.09. The van der Waals surface area contributed by atoms with Crippen molar-refractivity contribution in [1.82, 2.24) is 9.97 Å². The van der Waals surface area contributed by atoms with E-state index in [4.69, 9.17) is 0 Å². The molecule has 1 aliphatic rings. The summed E-state index contributed by atoms with van der Waals surface area (Å²) in [7, 11) is 0. The molecule has 0 saturated carbocycles. The summed E-state index contributed by atoms with van der Waals surface area (Å²) < 4.78 is 37.9. The van der Waals surface area contributed by atoms with E-state index in [1.807, 2.05) is 0 Å². The number of carbonyl (C=O) groups is 1. The SMILES string of the molecule is Cc1nc(N2CCCC2)nc(C)c1NC(=O)c1ccc(C(F)(F)F)cc1. The standard InChI is InChI=1S/C18H19F3N4O/c1-11-15(12(2)23-17(22-11)25-9-3-4-10-25)24-16(26)13-5-7-14(8-6-13)18(19,20)21/h5-8H,3-4,9-10H2,1-2H3,(H,24,26). The van der Waals surface area contributed by atoms with Crippen molar-refractivity contribution in [3.8, 4) is 0 Å². The minimum atomic E-state index is -4.43. The molecule has 2 heterocycles. The summed E-state index contributed by atoms with van der Waals surface area (Å²) >= 11 is 0. The Morgan fingerprint density at radius 3 is 2.08 bits per heavy atom. The van der Waals surface area contributed by atoms with Gasteiger partial charge in [-0.25, -0.2) is 9.97 Å². The van der Waals surface area contributed by atoms with Crippen molar-refractivity contribution < 1.29 is 18.0 Å². The van der Waals surface area contributed by atoms with Crippen LogP contribution in [0.1, 0.15) is 40.2 Å². The van der Waals surface area contributed by atoms with Crippen LogP contribution in [0.5, 0.6) is 0 Å². The van der Waals surface area contributed by atoms with Crippen molar-refractivity contribution in [1.29, 1.82) is 0 Å². The second kappa shape index (κ2) is 6.93. The van der Waals surface area contributed by atoms with Gasteiger partial charge < -0.3 is 10.2 Å². The molecule has 8 heteroatoms. The predicted molar refractivity (Wildman–Crippen MR) is 92.4 cm³/mol. The summed E-state index contributed by atoms with van der Waals surface area (Å²) in [6.07, 6.45) is -2.22. The maximum atomic E-state index is 12.6. The monoisotopic (exact) mass is 364 g/mol. The molecule has 1 amide bonds. The predicted octanol–water partition coefficient (Wildman–Crippen LogP) is 3.96. The van der Waals surface area contributed by atoms with Crippen LogP contribution in [0.15, 0.2) is 24.3 Å². The summed E-state index contributed by atoms with van der Waals surface area (Å²) in [4.78, 5) is 23.4. The number of carbonyl (C=O) groups excluding carboxylic acids is 1. The third-order valence-corrected chi connectivity index (χ3v) is 4.36. The Morgan fingerprint density at radius 2 is 1.58 bits per heavy atom. The summed E-state index contributed by atoms with van der Waals surface area (Å²) in [6.45, 7) is 5.37. The number of hydrogen-bond acceptors (Lipinski definition) is 4. The number of aryl methyl sites for hydroxylation is 2. The second-order valence-corrected chi connectivity index (χ2v) is 6.29. The van der Waals surface area contributed by atoms with Crippen molar-refractivity contribution in [3.63, 3.8) is 0 Å². The number of halogens is 3. The third-order valence-electron chi connectivity index (χ3n) is 4.36. The van der Waals surface area contributed by atoms with E-state index >= 15 is 0 Å². The summed E-state index contributed by atoms with van der Waals surface area (Å²) in [5.41, 5.74) is 1.08. The van der Waals surface area contributed by atoms with Gasteiger partial charge in [0.05, 0.1) is 22.6 Å². The van der Waals surface area contributed by atoms with Crippen LogP contribution in [0.4, 0.5) is 24.8 Å². The highest BCUT2D eigenvalue weighted by Gasteiger charge is 2.30. The Bertz CT molecular complexity index is 789. The van der Waals surface area contributed by atoms with Crippen LogP contribution >= 0.6 is 0 Å². The number of nitrogens with zero attached hydrogens (tertiary/aromatic N) is 3. The number of anilines is 2. The van der Waals surface area contributed by atoms with Gasteiger partial charge in [-0.2, -0.15) is 13.2 Å². The lowest BCUT2D eigenvalue weighted by Gasteiger charge is -2.18. The van der Waals surface area contributed by atoms with Crippen LogP contribution in [0, 0.1) is 13.8 Å². The smallest absolute Gasteiger partial charge is 0.341 e. The Kier molecular flexibility index (Phi) is 4.84. The molecule has 0 radical (unpaired) electrons. The first-order chi connectivity index (χ1) is 12.3. The van der Waals surface area contributed by atoms with E-state index < -0.39 is 17.6 Å². The second-order valence-electron chi connectivity index (χ2n) is 6.29. The van der Waals surface area contributed by atoms with Gasteiger partial charge >= 0.3 is 6.18 Å². The molecule has 0 spiro atoms. The molecule has 3 rings (SSSR count). The fourth-order valence-electron chi connectivity index (χ4n) is 2.93. The highest BCUT2D eigenvalue weighted by molar-refractivity contribution is 6.04. The van der Waals surface area contributed by atoms with Gasteiger partial charge in [-0.05, 0) is 51.0 Å². The number of aromatic nitrogens is 2. The lowest BCUT2D eigenvalue weighted by molar-refractivity contribution is -0.137. The highest BCUT2D eigenvalue weighted by atomic mass is 19.4. The summed E-state index contributed by atoms with van der Waals surface area (Å²) in [5, 5.41) is 2.71. The van der Waals surface area contributed by atoms with E-state index in [2.05, 4.69) is 20.2 Å². The van der Waals surface area contributed by atoms with Gasteiger partial charge in [0.15, 0.2) is 0 Å². The van der Waals surface area contributed by atoms with E-state index in [9.17, 15) is 18.0 Å². The lowest BCUT2D eigenvalue weighted by Crippen LogP contribution is -2.22. The lowest BCUT2D eigenvalue weighted by atomic mass is 10.1. The molecule has 0 atom stereocenters. The number of benzene rings is 1. The molecule has 1 aromatic heterocycles. The van der Waals surface area contributed by atoms with Gasteiger partial charge in [-0.3, -0.25) is 4.79 Å². The fourth-order valence-corrected chi connectivity index (χ4v) is 2.93. The van der Waals surface area contributed by atoms with E-state index in [-0.39, 0.29) is 5.56 Å². The minimum absolute atomic E-state index is 0.139. The minimum Gasteiger partial charge on any atom is -0.341 e. The van der Waals surface area contributed by atoms with Gasteiger partial charge in [0, 0.05) is 18.7 Å². The van der Waals surface area contributed by atoms with Gasteiger partial charge in [0.25, 0.3) is 5.91 Å². The quantitative estimate of drug-likeness (QED) is 0.896. The molecular weight excluding hydrogens is 345 g/mol. The maximum absolute atomic E-state index is 12.6. The fraction of sp³-hybridized carbons (Fsp3) is 0.389. The number of nitrogens with one attached hydrogen (secondary N) is 1. The van der Waals surface area contributed by atoms with E-state index in [0.717, 1.165) is 50.2 Å². The van der Waals surface area contributed by atoms with Crippen LogP contribution in [-0.2, 0) is 6.18 Å². The van der Waals surface area contributed by atoms with Crippen LogP contribution < -0.4 is 10.2 Å². The Balaban J connectivity index is 1.78. The average Bonchev–Trinajstić information content (AvgIpc) is 3.11. The maximum Gasteiger partial charge on any atom is 0.416 e. The van der Waals surface area contributed by atoms with Crippen molar-refractivity contribution in [2.75, 3.05) is 23.3 Å². The number of rotatable bonds is 3. The molecule has 26 heavy (non-hydrogen) atoms. The largest absolute Gasteiger partial charge is 0.416 e. The molecule has 0 aliphatic carbocycles. The van der Waals surface area contributed by atoms with Gasteiger partial charge in [0.1, 0.15) is 0 Å². The molecule has 0 bridgehead atoms. The van der Waals surface area contributed by atoms with Crippen LogP contribution in [0.2, 0.25) is 0 Å². The zero-order chi connectivity index (χ0) is 18.9. The normalized spacial score (nSPS) is 14.6. The van der Waals surface area contributed by atoms with Gasteiger partial charge in [-0.15, -0.1) is 0 Å². The molecule has 1 aromatic carbocycles. The first-order valence-electron chi connectivity index (χ1n) is 8.34. The molecule has 5 nitrogen and oxygen atoms in total. The Labute approximate surface area is 149 Å². The zero-order valence-electron chi connectivity index (χ0n) is 14.5. The van der Waals surface area contributed by atoms with E-state index in [1.54, 1.807) is 13.8 Å². The highest BCUT2D eigenvalue weighted by Crippen LogP contribution is 2.29. The van der Waals surface area contributed by atoms with Crippen molar-refractivity contribution in [2.45, 2.75) is 32.9 Å². The van der Waals surface area contributed by atoms with Crippen LogP contribution in [0.25, 0.3) is 0 Å². The van der Waals surface area contributed by atoms with Gasteiger partial charge in [-0.1, -0.05) is 0 Å². The molecule has 1 aliphatic heterocycles. The average molecular weight is 364 g/mol. The zero-order valence-corrected chi connectivity index (χ0v) is 14.5. The first kappa shape index (κ1) is 18.2. The van der Waals surface area contributed by atoms with E-state index in [0.29, 0.717) is 23.0 Å². The molecule has 138 valence electrons. The van der Waals surface area contributed by atoms with Crippen molar-refractivity contribution in [2.24, 2.45) is 0 Å².